The molecule has 0 bridgehead atoms. The van der Waals surface area contributed by atoms with Crippen molar-refractivity contribution in [1.29, 1.82) is 0 Å². The highest BCUT2D eigenvalue weighted by Crippen LogP contribution is 2.22. The van der Waals surface area contributed by atoms with E-state index >= 15 is 0 Å². The van der Waals surface area contributed by atoms with E-state index in [1.807, 2.05) is 24.3 Å². The van der Waals surface area contributed by atoms with Gasteiger partial charge in [-0.2, -0.15) is 0 Å². The number of ether oxygens (including phenoxy) is 1. The number of hydrogen-bond acceptors (Lipinski definition) is 4. The molecule has 2 amide bonds. The summed E-state index contributed by atoms with van der Waals surface area (Å²) >= 11 is 0. The summed E-state index contributed by atoms with van der Waals surface area (Å²) in [5, 5.41) is 2.90. The number of nitrogens with zero attached hydrogens (tertiary/aromatic N) is 1. The largest absolute Gasteiger partial charge is 0.497 e. The van der Waals surface area contributed by atoms with E-state index in [9.17, 15) is 9.59 Å². The van der Waals surface area contributed by atoms with E-state index in [1.165, 1.54) is 0 Å². The third-order valence-corrected chi connectivity index (χ3v) is 4.16. The maximum absolute atomic E-state index is 12.5. The number of rotatable bonds is 6. The number of likely N-dealkylation sites (tertiary alicyclic amines) is 1. The number of amides is 2. The van der Waals surface area contributed by atoms with Crippen LogP contribution < -0.4 is 10.1 Å². The van der Waals surface area contributed by atoms with Gasteiger partial charge < -0.3 is 19.4 Å². The van der Waals surface area contributed by atoms with Crippen molar-refractivity contribution in [1.82, 2.24) is 10.2 Å². The van der Waals surface area contributed by atoms with Crippen LogP contribution >= 0.6 is 0 Å². The molecule has 2 aromatic rings. The molecular weight excluding hydrogens is 308 g/mol. The van der Waals surface area contributed by atoms with Gasteiger partial charge in [0, 0.05) is 13.0 Å². The standard InChI is InChI=1S/C18H20N2O4/c1-23-14-6-4-13(5-7-14)11-19-18(22)16-8-9-17(21)20(16)12-15-3-2-10-24-15/h2-7,10,16H,8-9,11-12H2,1H3,(H,19,22). The second-order valence-corrected chi connectivity index (χ2v) is 5.72. The normalized spacial score (nSPS) is 17.1. The van der Waals surface area contributed by atoms with Crippen molar-refractivity contribution in [2.75, 3.05) is 7.11 Å². The van der Waals surface area contributed by atoms with E-state index in [0.29, 0.717) is 31.7 Å². The van der Waals surface area contributed by atoms with Gasteiger partial charge in [-0.3, -0.25) is 9.59 Å². The number of carbonyl (C=O) groups is 2. The van der Waals surface area contributed by atoms with Crippen molar-refractivity contribution in [2.45, 2.75) is 32.0 Å². The SMILES string of the molecule is COc1ccc(CNC(=O)C2CCC(=O)N2Cc2ccco2)cc1. The maximum atomic E-state index is 12.5. The van der Waals surface area contributed by atoms with Gasteiger partial charge >= 0.3 is 0 Å². The first-order valence-corrected chi connectivity index (χ1v) is 7.90. The van der Waals surface area contributed by atoms with E-state index in [2.05, 4.69) is 5.32 Å². The Balaban J connectivity index is 1.59. The van der Waals surface area contributed by atoms with Crippen molar-refractivity contribution in [3.63, 3.8) is 0 Å². The minimum atomic E-state index is -0.444. The van der Waals surface area contributed by atoms with Gasteiger partial charge in [-0.15, -0.1) is 0 Å². The fourth-order valence-electron chi connectivity index (χ4n) is 2.83. The van der Waals surface area contributed by atoms with Gasteiger partial charge in [-0.05, 0) is 36.2 Å². The van der Waals surface area contributed by atoms with Crippen LogP contribution in [0.4, 0.5) is 0 Å². The molecule has 1 aliphatic rings. The Morgan fingerprint density at radius 3 is 2.79 bits per heavy atom. The average Bonchev–Trinajstić information content (AvgIpc) is 3.24. The summed E-state index contributed by atoms with van der Waals surface area (Å²) < 4.78 is 10.4. The summed E-state index contributed by atoms with van der Waals surface area (Å²) in [5.74, 6) is 1.30. The predicted molar refractivity (Wildman–Crippen MR) is 87.1 cm³/mol. The Hall–Kier alpha value is -2.76. The summed E-state index contributed by atoms with van der Waals surface area (Å²) in [7, 11) is 1.61. The van der Waals surface area contributed by atoms with E-state index in [-0.39, 0.29) is 11.8 Å². The Labute approximate surface area is 140 Å². The fourth-order valence-corrected chi connectivity index (χ4v) is 2.83. The van der Waals surface area contributed by atoms with Gasteiger partial charge in [-0.1, -0.05) is 12.1 Å². The van der Waals surface area contributed by atoms with Crippen LogP contribution in [0.3, 0.4) is 0 Å². The highest BCUT2D eigenvalue weighted by molar-refractivity contribution is 5.90. The molecule has 126 valence electrons. The van der Waals surface area contributed by atoms with Gasteiger partial charge in [0.15, 0.2) is 0 Å². The highest BCUT2D eigenvalue weighted by atomic mass is 16.5. The molecule has 1 aromatic carbocycles. The quantitative estimate of drug-likeness (QED) is 0.881. The van der Waals surface area contributed by atoms with Crippen LogP contribution in [0.25, 0.3) is 0 Å². The van der Waals surface area contributed by atoms with Crippen molar-refractivity contribution >= 4 is 11.8 Å². The molecule has 1 N–H and O–H groups in total. The first-order chi connectivity index (χ1) is 11.7. The monoisotopic (exact) mass is 328 g/mol. The van der Waals surface area contributed by atoms with Crippen LogP contribution in [-0.2, 0) is 22.7 Å². The van der Waals surface area contributed by atoms with Crippen LogP contribution in [0.15, 0.2) is 47.1 Å². The van der Waals surface area contributed by atoms with Crippen LogP contribution in [0.1, 0.15) is 24.2 Å². The summed E-state index contributed by atoms with van der Waals surface area (Å²) in [6.07, 6.45) is 2.49. The van der Waals surface area contributed by atoms with Gasteiger partial charge in [-0.25, -0.2) is 0 Å². The van der Waals surface area contributed by atoms with E-state index in [4.69, 9.17) is 9.15 Å². The first-order valence-electron chi connectivity index (χ1n) is 7.90. The third kappa shape index (κ3) is 3.59. The smallest absolute Gasteiger partial charge is 0.243 e. The van der Waals surface area contributed by atoms with Gasteiger partial charge in [0.25, 0.3) is 0 Å². The molecule has 6 nitrogen and oxygen atoms in total. The summed E-state index contributed by atoms with van der Waals surface area (Å²) in [6, 6.07) is 10.6. The van der Waals surface area contributed by atoms with Gasteiger partial charge in [0.05, 0.1) is 19.9 Å². The lowest BCUT2D eigenvalue weighted by Crippen LogP contribution is -2.44. The lowest BCUT2D eigenvalue weighted by Gasteiger charge is -2.23. The molecule has 0 aliphatic carbocycles. The Kier molecular flexibility index (Phi) is 4.84. The lowest BCUT2D eigenvalue weighted by atomic mass is 10.1. The fraction of sp³-hybridized carbons (Fsp3) is 0.333. The number of furan rings is 1. The van der Waals surface area contributed by atoms with E-state index in [1.54, 1.807) is 30.4 Å². The molecule has 1 saturated heterocycles. The zero-order chi connectivity index (χ0) is 16.9. The molecule has 1 aliphatic heterocycles. The Morgan fingerprint density at radius 2 is 2.12 bits per heavy atom. The number of carbonyl (C=O) groups excluding carboxylic acids is 2. The molecule has 24 heavy (non-hydrogen) atoms. The van der Waals surface area contributed by atoms with Crippen LogP contribution in [-0.4, -0.2) is 29.9 Å². The zero-order valence-corrected chi connectivity index (χ0v) is 13.5. The molecule has 6 heteroatoms. The molecule has 1 fully saturated rings. The van der Waals surface area contributed by atoms with Crippen molar-refractivity contribution in [3.8, 4) is 5.75 Å². The molecule has 2 heterocycles. The second kappa shape index (κ2) is 7.21. The molecular formula is C18H20N2O4. The van der Waals surface area contributed by atoms with Crippen LogP contribution in [0, 0.1) is 0 Å². The summed E-state index contributed by atoms with van der Waals surface area (Å²) in [4.78, 5) is 26.1. The van der Waals surface area contributed by atoms with Gasteiger partial charge in [0.2, 0.25) is 11.8 Å². The minimum Gasteiger partial charge on any atom is -0.497 e. The maximum Gasteiger partial charge on any atom is 0.243 e. The topological polar surface area (TPSA) is 71.8 Å². The van der Waals surface area contributed by atoms with Crippen LogP contribution in [0.5, 0.6) is 5.75 Å². The van der Waals surface area contributed by atoms with Crippen LogP contribution in [0.2, 0.25) is 0 Å². The number of hydrogen-bond donors (Lipinski definition) is 1. The molecule has 0 radical (unpaired) electrons. The molecule has 3 rings (SSSR count). The van der Waals surface area contributed by atoms with Crippen molar-refractivity contribution in [3.05, 3.63) is 54.0 Å². The molecule has 0 spiro atoms. The molecule has 1 aromatic heterocycles. The number of nitrogens with one attached hydrogen (secondary N) is 1. The van der Waals surface area contributed by atoms with Gasteiger partial charge in [0.1, 0.15) is 17.6 Å². The summed E-state index contributed by atoms with van der Waals surface area (Å²) in [6.45, 7) is 0.745. The third-order valence-electron chi connectivity index (χ3n) is 4.16. The zero-order valence-electron chi connectivity index (χ0n) is 13.5. The number of benzene rings is 1. The van der Waals surface area contributed by atoms with Crippen molar-refractivity contribution in [2.24, 2.45) is 0 Å². The second-order valence-electron chi connectivity index (χ2n) is 5.72. The lowest BCUT2D eigenvalue weighted by molar-refractivity contribution is -0.136. The molecule has 1 atom stereocenters. The Morgan fingerprint density at radius 1 is 1.33 bits per heavy atom. The first kappa shape index (κ1) is 16.1. The average molecular weight is 328 g/mol. The van der Waals surface area contributed by atoms with E-state index < -0.39 is 6.04 Å². The molecule has 0 saturated carbocycles. The molecule has 1 unspecified atom stereocenters. The highest BCUT2D eigenvalue weighted by Gasteiger charge is 2.36. The summed E-state index contributed by atoms with van der Waals surface area (Å²) in [5.41, 5.74) is 0.978. The number of methoxy groups -OCH3 is 1. The van der Waals surface area contributed by atoms with E-state index in [0.717, 1.165) is 11.3 Å². The minimum absolute atomic E-state index is 0.0176. The Bertz CT molecular complexity index is 694. The predicted octanol–water partition coefficient (Wildman–Crippen LogP) is 2.10. The van der Waals surface area contributed by atoms with Crippen molar-refractivity contribution < 1.29 is 18.7 Å².